The van der Waals surface area contributed by atoms with Gasteiger partial charge in [0, 0.05) is 10.7 Å². The van der Waals surface area contributed by atoms with Crippen LogP contribution >= 0.6 is 22.9 Å². The van der Waals surface area contributed by atoms with Gasteiger partial charge in [0.2, 0.25) is 0 Å². The summed E-state index contributed by atoms with van der Waals surface area (Å²) in [5.41, 5.74) is 7.27. The molecule has 5 heteroatoms. The highest BCUT2D eigenvalue weighted by atomic mass is 35.5. The molecule has 2 nitrogen and oxygen atoms in total. The van der Waals surface area contributed by atoms with Crippen LogP contribution in [0.15, 0.2) is 39.9 Å². The van der Waals surface area contributed by atoms with E-state index in [9.17, 15) is 4.21 Å². The van der Waals surface area contributed by atoms with Crippen LogP contribution in [-0.2, 0) is 16.6 Å². The molecule has 0 spiro atoms. The average molecular weight is 272 g/mol. The van der Waals surface area contributed by atoms with Gasteiger partial charge in [-0.1, -0.05) is 23.7 Å². The van der Waals surface area contributed by atoms with E-state index >= 15 is 0 Å². The Labute approximate surface area is 106 Å². The van der Waals surface area contributed by atoms with E-state index in [-0.39, 0.29) is 0 Å². The standard InChI is InChI=1S/C11H10ClNOS2/c12-9-4-3-8(10(13)6-9)7-16(14)11-2-1-5-15-11/h1-6H,7,13H2. The van der Waals surface area contributed by atoms with Crippen LogP contribution in [0, 0.1) is 0 Å². The maximum Gasteiger partial charge on any atom is 0.0913 e. The molecule has 2 N–H and O–H groups in total. The molecular weight excluding hydrogens is 262 g/mol. The Morgan fingerprint density at radius 3 is 2.81 bits per heavy atom. The fourth-order valence-electron chi connectivity index (χ4n) is 1.30. The monoisotopic (exact) mass is 271 g/mol. The normalized spacial score (nSPS) is 12.6. The van der Waals surface area contributed by atoms with E-state index in [2.05, 4.69) is 0 Å². The second-order valence-electron chi connectivity index (χ2n) is 3.27. The minimum atomic E-state index is -1.02. The molecule has 2 rings (SSSR count). The zero-order chi connectivity index (χ0) is 11.5. The van der Waals surface area contributed by atoms with E-state index < -0.39 is 10.8 Å². The summed E-state index contributed by atoms with van der Waals surface area (Å²) in [5, 5.41) is 2.52. The molecule has 0 radical (unpaired) electrons. The number of hydrogen-bond acceptors (Lipinski definition) is 3. The topological polar surface area (TPSA) is 43.1 Å². The molecular formula is C11H10ClNOS2. The second-order valence-corrected chi connectivity index (χ2v) is 6.33. The van der Waals surface area contributed by atoms with Crippen molar-refractivity contribution in [3.63, 3.8) is 0 Å². The van der Waals surface area contributed by atoms with Crippen LogP contribution in [0.5, 0.6) is 0 Å². The lowest BCUT2D eigenvalue weighted by Gasteiger charge is -2.04. The van der Waals surface area contributed by atoms with Gasteiger partial charge in [0.15, 0.2) is 0 Å². The van der Waals surface area contributed by atoms with Crippen molar-refractivity contribution in [1.82, 2.24) is 0 Å². The SMILES string of the molecule is Nc1cc(Cl)ccc1CS(=O)c1cccs1. The molecule has 0 aliphatic carbocycles. The zero-order valence-corrected chi connectivity index (χ0v) is 10.7. The summed E-state index contributed by atoms with van der Waals surface area (Å²) >= 11 is 7.29. The number of anilines is 1. The third-order valence-corrected chi connectivity index (χ3v) is 5.02. The quantitative estimate of drug-likeness (QED) is 0.871. The van der Waals surface area contributed by atoms with Gasteiger partial charge in [-0.15, -0.1) is 11.3 Å². The van der Waals surface area contributed by atoms with Crippen molar-refractivity contribution in [1.29, 1.82) is 0 Å². The second kappa shape index (κ2) is 4.99. The highest BCUT2D eigenvalue weighted by Gasteiger charge is 2.08. The van der Waals surface area contributed by atoms with Crippen molar-refractivity contribution in [2.75, 3.05) is 5.73 Å². The van der Waals surface area contributed by atoms with Gasteiger partial charge in [-0.3, -0.25) is 4.21 Å². The predicted molar refractivity (Wildman–Crippen MR) is 70.3 cm³/mol. The van der Waals surface area contributed by atoms with E-state index in [1.165, 1.54) is 11.3 Å². The highest BCUT2D eigenvalue weighted by Crippen LogP contribution is 2.23. The Morgan fingerprint density at radius 2 is 2.19 bits per heavy atom. The summed E-state index contributed by atoms with van der Waals surface area (Å²) in [5.74, 6) is 0.434. The Kier molecular flexibility index (Phi) is 3.63. The van der Waals surface area contributed by atoms with E-state index in [1.54, 1.807) is 12.1 Å². The van der Waals surface area contributed by atoms with E-state index in [1.807, 2.05) is 23.6 Å². The van der Waals surface area contributed by atoms with Gasteiger partial charge in [0.05, 0.1) is 20.8 Å². The Balaban J connectivity index is 2.18. The summed E-state index contributed by atoms with van der Waals surface area (Å²) in [7, 11) is -1.02. The molecule has 0 aliphatic rings. The molecule has 2 aromatic rings. The third kappa shape index (κ3) is 2.64. The Hall–Kier alpha value is -0.840. The number of hydrogen-bond donors (Lipinski definition) is 1. The number of rotatable bonds is 3. The Bertz CT molecular complexity index is 511. The first-order valence-electron chi connectivity index (χ1n) is 4.62. The zero-order valence-electron chi connectivity index (χ0n) is 8.35. The van der Waals surface area contributed by atoms with Gasteiger partial charge in [-0.25, -0.2) is 0 Å². The smallest absolute Gasteiger partial charge is 0.0913 e. The van der Waals surface area contributed by atoms with Gasteiger partial charge in [0.25, 0.3) is 0 Å². The number of nitrogens with two attached hydrogens (primary N) is 1. The molecule has 1 unspecified atom stereocenters. The summed E-state index contributed by atoms with van der Waals surface area (Å²) < 4.78 is 12.8. The first kappa shape index (κ1) is 11.6. The van der Waals surface area contributed by atoms with Crippen LogP contribution in [0.25, 0.3) is 0 Å². The number of halogens is 1. The number of benzene rings is 1. The predicted octanol–water partition coefficient (Wildman–Crippen LogP) is 3.29. The van der Waals surface area contributed by atoms with Gasteiger partial charge in [-0.05, 0) is 29.1 Å². The van der Waals surface area contributed by atoms with Crippen molar-refractivity contribution < 1.29 is 4.21 Å². The lowest BCUT2D eigenvalue weighted by Crippen LogP contribution is -1.99. The van der Waals surface area contributed by atoms with Crippen LogP contribution in [0.4, 0.5) is 5.69 Å². The van der Waals surface area contributed by atoms with Gasteiger partial charge in [0.1, 0.15) is 0 Å². The largest absolute Gasteiger partial charge is 0.398 e. The van der Waals surface area contributed by atoms with Gasteiger partial charge in [-0.2, -0.15) is 0 Å². The molecule has 0 saturated heterocycles. The summed E-state index contributed by atoms with van der Waals surface area (Å²) in [6.07, 6.45) is 0. The van der Waals surface area contributed by atoms with Crippen molar-refractivity contribution >= 4 is 39.4 Å². The molecule has 0 amide bonds. The van der Waals surface area contributed by atoms with Crippen LogP contribution in [-0.4, -0.2) is 4.21 Å². The molecule has 1 aromatic heterocycles. The highest BCUT2D eigenvalue weighted by molar-refractivity contribution is 7.86. The molecule has 1 aromatic carbocycles. The van der Waals surface area contributed by atoms with Crippen LogP contribution in [0.2, 0.25) is 5.02 Å². The number of nitrogen functional groups attached to an aromatic ring is 1. The summed E-state index contributed by atoms with van der Waals surface area (Å²) in [6, 6.07) is 9.03. The fourth-order valence-corrected chi connectivity index (χ4v) is 3.62. The molecule has 84 valence electrons. The maximum absolute atomic E-state index is 11.9. The average Bonchev–Trinajstić information content (AvgIpc) is 2.75. The minimum Gasteiger partial charge on any atom is -0.398 e. The van der Waals surface area contributed by atoms with Crippen molar-refractivity contribution in [3.05, 3.63) is 46.3 Å². The van der Waals surface area contributed by atoms with E-state index in [0.717, 1.165) is 9.77 Å². The van der Waals surface area contributed by atoms with Crippen molar-refractivity contribution in [2.24, 2.45) is 0 Å². The molecule has 0 bridgehead atoms. The molecule has 1 heterocycles. The van der Waals surface area contributed by atoms with Gasteiger partial charge < -0.3 is 5.73 Å². The van der Waals surface area contributed by atoms with Gasteiger partial charge >= 0.3 is 0 Å². The number of thiophene rings is 1. The van der Waals surface area contributed by atoms with Crippen molar-refractivity contribution in [2.45, 2.75) is 9.96 Å². The van der Waals surface area contributed by atoms with Crippen molar-refractivity contribution in [3.8, 4) is 0 Å². The summed E-state index contributed by atoms with van der Waals surface area (Å²) in [6.45, 7) is 0. The molecule has 0 fully saturated rings. The van der Waals surface area contributed by atoms with Crippen LogP contribution in [0.1, 0.15) is 5.56 Å². The maximum atomic E-state index is 11.9. The van der Waals surface area contributed by atoms with E-state index in [0.29, 0.717) is 16.5 Å². The fraction of sp³-hybridized carbons (Fsp3) is 0.0909. The van der Waals surface area contributed by atoms with Crippen LogP contribution in [0.3, 0.4) is 0 Å². The molecule has 0 aliphatic heterocycles. The molecule has 1 atom stereocenters. The molecule has 16 heavy (non-hydrogen) atoms. The minimum absolute atomic E-state index is 0.434. The first-order valence-corrected chi connectivity index (χ1v) is 7.20. The first-order chi connectivity index (χ1) is 7.66. The lowest BCUT2D eigenvalue weighted by molar-refractivity contribution is 0.684. The van der Waals surface area contributed by atoms with E-state index in [4.69, 9.17) is 17.3 Å². The third-order valence-electron chi connectivity index (χ3n) is 2.11. The lowest BCUT2D eigenvalue weighted by atomic mass is 10.2. The molecule has 0 saturated carbocycles. The van der Waals surface area contributed by atoms with Crippen LogP contribution < -0.4 is 5.73 Å². The Morgan fingerprint density at radius 1 is 1.38 bits per heavy atom. The summed E-state index contributed by atoms with van der Waals surface area (Å²) in [4.78, 5) is 0.